The van der Waals surface area contributed by atoms with Gasteiger partial charge in [0.1, 0.15) is 0 Å². The molecule has 4 heteroatoms. The van der Waals surface area contributed by atoms with Crippen LogP contribution in [0, 0.1) is 5.41 Å². The Morgan fingerprint density at radius 1 is 1.54 bits per heavy atom. The van der Waals surface area contributed by atoms with E-state index in [1.807, 2.05) is 20.8 Å². The van der Waals surface area contributed by atoms with Crippen molar-refractivity contribution in [1.29, 1.82) is 0 Å². The van der Waals surface area contributed by atoms with Crippen LogP contribution in [-0.4, -0.2) is 23.9 Å². The molecule has 0 spiro atoms. The largest absolute Gasteiger partial charge is 0.450 e. The van der Waals surface area contributed by atoms with Crippen LogP contribution in [0.3, 0.4) is 0 Å². The van der Waals surface area contributed by atoms with Gasteiger partial charge in [0.05, 0.1) is 12.7 Å². The lowest BCUT2D eigenvalue weighted by Gasteiger charge is -2.25. The Labute approximate surface area is 79.1 Å². The topological polar surface area (TPSA) is 72.6 Å². The van der Waals surface area contributed by atoms with Gasteiger partial charge in [-0.3, -0.25) is 0 Å². The maximum atomic E-state index is 10.2. The van der Waals surface area contributed by atoms with Crippen LogP contribution in [0.5, 0.6) is 0 Å². The normalized spacial score (nSPS) is 13.8. The Morgan fingerprint density at radius 3 is 2.46 bits per heavy atom. The third-order valence-electron chi connectivity index (χ3n) is 1.87. The van der Waals surface area contributed by atoms with Gasteiger partial charge in [-0.1, -0.05) is 20.8 Å². The van der Waals surface area contributed by atoms with E-state index in [9.17, 15) is 9.90 Å². The highest BCUT2D eigenvalue weighted by atomic mass is 16.5. The fraction of sp³-hybridized carbons (Fsp3) is 0.889. The minimum Gasteiger partial charge on any atom is -0.450 e. The molecule has 0 aromatic rings. The average Bonchev–Trinajstić information content (AvgIpc) is 1.95. The van der Waals surface area contributed by atoms with Crippen molar-refractivity contribution < 1.29 is 14.6 Å². The van der Waals surface area contributed by atoms with Crippen LogP contribution < -0.4 is 5.73 Å². The second-order valence-electron chi connectivity index (χ2n) is 4.19. The number of amides is 1. The summed E-state index contributed by atoms with van der Waals surface area (Å²) >= 11 is 0. The number of aliphatic hydroxyl groups excluding tert-OH is 1. The first-order chi connectivity index (χ1) is 5.84. The molecule has 0 bridgehead atoms. The molecular formula is C9H19NO3. The van der Waals surface area contributed by atoms with Crippen molar-refractivity contribution in [3.63, 3.8) is 0 Å². The first-order valence-electron chi connectivity index (χ1n) is 4.44. The quantitative estimate of drug-likeness (QED) is 0.654. The van der Waals surface area contributed by atoms with Crippen molar-refractivity contribution in [3.8, 4) is 0 Å². The van der Waals surface area contributed by atoms with Gasteiger partial charge < -0.3 is 15.6 Å². The molecule has 3 N–H and O–H groups in total. The molecule has 0 heterocycles. The highest BCUT2D eigenvalue weighted by molar-refractivity contribution is 5.64. The van der Waals surface area contributed by atoms with Gasteiger partial charge in [0.2, 0.25) is 0 Å². The zero-order chi connectivity index (χ0) is 10.5. The van der Waals surface area contributed by atoms with Gasteiger partial charge in [-0.25, -0.2) is 4.79 Å². The number of carbonyl (C=O) groups is 1. The van der Waals surface area contributed by atoms with E-state index in [0.717, 1.165) is 0 Å². The number of nitrogens with two attached hydrogens (primary N) is 1. The van der Waals surface area contributed by atoms with Gasteiger partial charge in [-0.2, -0.15) is 0 Å². The SMILES string of the molecule is CC(C)(C)C(O)CCCOC(N)=O. The summed E-state index contributed by atoms with van der Waals surface area (Å²) in [5.74, 6) is 0. The first kappa shape index (κ1) is 12.2. The fourth-order valence-electron chi connectivity index (χ4n) is 0.882. The molecule has 78 valence electrons. The molecule has 0 aliphatic heterocycles. The van der Waals surface area contributed by atoms with Crippen LogP contribution in [0.25, 0.3) is 0 Å². The maximum Gasteiger partial charge on any atom is 0.404 e. The molecule has 0 aromatic carbocycles. The third-order valence-corrected chi connectivity index (χ3v) is 1.87. The molecule has 1 atom stereocenters. The Balaban J connectivity index is 3.49. The van der Waals surface area contributed by atoms with E-state index >= 15 is 0 Å². The van der Waals surface area contributed by atoms with Crippen molar-refractivity contribution in [1.82, 2.24) is 0 Å². The smallest absolute Gasteiger partial charge is 0.404 e. The second kappa shape index (κ2) is 5.07. The van der Waals surface area contributed by atoms with E-state index in [-0.39, 0.29) is 18.1 Å². The number of rotatable bonds is 4. The number of hydrogen-bond acceptors (Lipinski definition) is 3. The average molecular weight is 189 g/mol. The summed E-state index contributed by atoms with van der Waals surface area (Å²) in [6, 6.07) is 0. The summed E-state index contributed by atoms with van der Waals surface area (Å²) in [4.78, 5) is 10.2. The van der Waals surface area contributed by atoms with Crippen molar-refractivity contribution in [2.45, 2.75) is 39.7 Å². The lowest BCUT2D eigenvalue weighted by molar-refractivity contribution is 0.0480. The summed E-state index contributed by atoms with van der Waals surface area (Å²) in [7, 11) is 0. The second-order valence-corrected chi connectivity index (χ2v) is 4.19. The standard InChI is InChI=1S/C9H19NO3/c1-9(2,3)7(11)5-4-6-13-8(10)12/h7,11H,4-6H2,1-3H3,(H2,10,12). The number of aliphatic hydroxyl groups is 1. The Hall–Kier alpha value is -0.770. The molecule has 13 heavy (non-hydrogen) atoms. The fourth-order valence-corrected chi connectivity index (χ4v) is 0.882. The summed E-state index contributed by atoms with van der Waals surface area (Å²) in [6.07, 6.45) is 0.132. The molecule has 0 saturated carbocycles. The highest BCUT2D eigenvalue weighted by Crippen LogP contribution is 2.22. The van der Waals surface area contributed by atoms with Crippen LogP contribution in [0.1, 0.15) is 33.6 Å². The molecule has 4 nitrogen and oxygen atoms in total. The van der Waals surface area contributed by atoms with Gasteiger partial charge in [0, 0.05) is 0 Å². The molecule has 0 rings (SSSR count). The number of ether oxygens (including phenoxy) is 1. The lowest BCUT2D eigenvalue weighted by Crippen LogP contribution is -2.26. The molecule has 1 amide bonds. The van der Waals surface area contributed by atoms with Crippen LogP contribution in [0.4, 0.5) is 4.79 Å². The van der Waals surface area contributed by atoms with Crippen LogP contribution in [-0.2, 0) is 4.74 Å². The van der Waals surface area contributed by atoms with Crippen LogP contribution in [0.2, 0.25) is 0 Å². The van der Waals surface area contributed by atoms with E-state index in [1.165, 1.54) is 0 Å². The summed E-state index contributed by atoms with van der Waals surface area (Å²) in [5, 5.41) is 9.58. The van der Waals surface area contributed by atoms with Crippen LogP contribution in [0.15, 0.2) is 0 Å². The molecule has 0 aliphatic rings. The van der Waals surface area contributed by atoms with Gasteiger partial charge in [0.15, 0.2) is 0 Å². The first-order valence-corrected chi connectivity index (χ1v) is 4.44. The van der Waals surface area contributed by atoms with E-state index in [2.05, 4.69) is 4.74 Å². The number of hydrogen-bond donors (Lipinski definition) is 2. The lowest BCUT2D eigenvalue weighted by atomic mass is 9.87. The van der Waals surface area contributed by atoms with Gasteiger partial charge in [-0.05, 0) is 18.3 Å². The minimum absolute atomic E-state index is 0.118. The van der Waals surface area contributed by atoms with Crippen molar-refractivity contribution in [3.05, 3.63) is 0 Å². The Morgan fingerprint density at radius 2 is 2.08 bits per heavy atom. The van der Waals surface area contributed by atoms with E-state index in [4.69, 9.17) is 5.73 Å². The molecule has 0 fully saturated rings. The monoisotopic (exact) mass is 189 g/mol. The molecule has 0 saturated heterocycles. The zero-order valence-corrected chi connectivity index (χ0v) is 8.54. The zero-order valence-electron chi connectivity index (χ0n) is 8.54. The van der Waals surface area contributed by atoms with E-state index in [0.29, 0.717) is 12.8 Å². The van der Waals surface area contributed by atoms with Gasteiger partial charge in [0.25, 0.3) is 0 Å². The third kappa shape index (κ3) is 6.40. The molecular weight excluding hydrogens is 170 g/mol. The van der Waals surface area contributed by atoms with E-state index in [1.54, 1.807) is 0 Å². The maximum absolute atomic E-state index is 10.2. The molecule has 1 unspecified atom stereocenters. The Bertz CT molecular complexity index is 163. The number of primary amides is 1. The van der Waals surface area contributed by atoms with Crippen molar-refractivity contribution in [2.75, 3.05) is 6.61 Å². The summed E-state index contributed by atoms with van der Waals surface area (Å²) in [5.41, 5.74) is 4.65. The van der Waals surface area contributed by atoms with Crippen molar-refractivity contribution >= 4 is 6.09 Å². The van der Waals surface area contributed by atoms with E-state index < -0.39 is 6.09 Å². The predicted molar refractivity (Wildman–Crippen MR) is 50.2 cm³/mol. The Kier molecular flexibility index (Phi) is 4.77. The summed E-state index contributed by atoms with van der Waals surface area (Å²) in [6.45, 7) is 6.17. The molecule has 0 aromatic heterocycles. The number of carbonyl (C=O) groups excluding carboxylic acids is 1. The predicted octanol–water partition coefficient (Wildman–Crippen LogP) is 1.27. The highest BCUT2D eigenvalue weighted by Gasteiger charge is 2.21. The van der Waals surface area contributed by atoms with Crippen molar-refractivity contribution in [2.24, 2.45) is 11.1 Å². The van der Waals surface area contributed by atoms with Gasteiger partial charge >= 0.3 is 6.09 Å². The van der Waals surface area contributed by atoms with Gasteiger partial charge in [-0.15, -0.1) is 0 Å². The summed E-state index contributed by atoms with van der Waals surface area (Å²) < 4.78 is 4.53. The van der Waals surface area contributed by atoms with Crippen LogP contribution >= 0.6 is 0 Å². The minimum atomic E-state index is -0.759. The molecule has 0 aliphatic carbocycles. The molecule has 0 radical (unpaired) electrons.